The van der Waals surface area contributed by atoms with Gasteiger partial charge < -0.3 is 39.2 Å². The molecule has 4 aromatic heterocycles. The van der Waals surface area contributed by atoms with Crippen molar-refractivity contribution in [3.8, 4) is 28.5 Å². The number of ether oxygens (including phenoxy) is 2. The zero-order valence-electron chi connectivity index (χ0n) is 39.0. The molecule has 8 heterocycles. The van der Waals surface area contributed by atoms with Crippen molar-refractivity contribution in [2.75, 3.05) is 6.54 Å². The number of carbonyl (C=O) groups excluding carboxylic acids is 2. The Hall–Kier alpha value is -6.00. The molecule has 4 aliphatic heterocycles. The lowest BCUT2D eigenvalue weighted by molar-refractivity contribution is -0.172. The standard InChI is InChI=1S/C26H30N2O5Si.C25H27N3O4/c1-7-26(32)18-11-20-21-16(12-28(20)23(30)17(18)13-33-24(26)31)22(34(5,6)25(2,3)4)15-10-14(29)8-9-19(15)27-21;1-4-25(31)19-11-21-22-17(12-28(21)23(29)18(19)13-32-24(25)30)15(9-10-26-14(2)3)16-7-5-6-8-20(16)27-22/h8-11,29,32H,7,12-13H2,1-6H3;5-8,11,14,26,31H,4,9-10,12-13H2,1-3H3/t26-;25-/m00/s1. The molecule has 66 heavy (non-hydrogen) atoms. The number of carbonyl (C=O) groups is 2. The number of esters is 2. The van der Waals surface area contributed by atoms with E-state index in [-0.39, 0.29) is 48.0 Å². The highest BCUT2D eigenvalue weighted by molar-refractivity contribution is 6.94. The Labute approximate surface area is 383 Å². The van der Waals surface area contributed by atoms with Crippen LogP contribution in [0.25, 0.3) is 44.6 Å². The fourth-order valence-corrected chi connectivity index (χ4v) is 12.6. The number of rotatable bonds is 7. The summed E-state index contributed by atoms with van der Waals surface area (Å²) in [6, 6.07) is 17.1. The van der Waals surface area contributed by atoms with Crippen molar-refractivity contribution in [1.82, 2.24) is 24.4 Å². The fourth-order valence-electron chi connectivity index (χ4n) is 10.0. The van der Waals surface area contributed by atoms with Crippen LogP contribution in [-0.4, -0.2) is 67.0 Å². The minimum absolute atomic E-state index is 0.00219. The highest BCUT2D eigenvalue weighted by Crippen LogP contribution is 2.44. The Morgan fingerprint density at radius 2 is 1.26 bits per heavy atom. The number of aromatic hydroxyl groups is 1. The third-order valence-corrected chi connectivity index (χ3v) is 20.4. The van der Waals surface area contributed by atoms with Gasteiger partial charge in [-0.2, -0.15) is 0 Å². The molecule has 0 unspecified atom stereocenters. The van der Waals surface area contributed by atoms with E-state index in [0.717, 1.165) is 51.6 Å². The minimum atomic E-state index is -2.15. The van der Waals surface area contributed by atoms with Crippen LogP contribution in [0, 0.1) is 0 Å². The zero-order valence-corrected chi connectivity index (χ0v) is 40.0. The predicted molar refractivity (Wildman–Crippen MR) is 254 cm³/mol. The Morgan fingerprint density at radius 1 is 0.742 bits per heavy atom. The summed E-state index contributed by atoms with van der Waals surface area (Å²) in [5.74, 6) is -1.25. The van der Waals surface area contributed by atoms with E-state index in [1.54, 1.807) is 53.3 Å². The molecule has 0 fully saturated rings. The first kappa shape index (κ1) is 45.2. The smallest absolute Gasteiger partial charge is 0.343 e. The first-order valence-electron chi connectivity index (χ1n) is 22.8. The summed E-state index contributed by atoms with van der Waals surface area (Å²) in [6.07, 6.45) is 1.05. The van der Waals surface area contributed by atoms with Gasteiger partial charge >= 0.3 is 11.9 Å². The summed E-state index contributed by atoms with van der Waals surface area (Å²) in [6.45, 7) is 20.3. The van der Waals surface area contributed by atoms with Crippen LogP contribution in [0.5, 0.6) is 5.75 Å². The molecule has 4 aliphatic rings. The van der Waals surface area contributed by atoms with Gasteiger partial charge in [0, 0.05) is 33.5 Å². The van der Waals surface area contributed by atoms with Crippen molar-refractivity contribution < 1.29 is 34.4 Å². The van der Waals surface area contributed by atoms with E-state index in [1.807, 2.05) is 18.2 Å². The van der Waals surface area contributed by atoms with Crippen molar-refractivity contribution in [2.45, 2.75) is 129 Å². The molecule has 14 nitrogen and oxygen atoms in total. The largest absolute Gasteiger partial charge is 0.508 e. The third kappa shape index (κ3) is 6.76. The van der Waals surface area contributed by atoms with Crippen molar-refractivity contribution in [1.29, 1.82) is 0 Å². The van der Waals surface area contributed by atoms with E-state index in [0.29, 0.717) is 58.5 Å². The number of phenolic OH excluding ortho intramolecular Hbond substituents is 1. The second-order valence-corrected chi connectivity index (χ2v) is 25.1. The van der Waals surface area contributed by atoms with Crippen LogP contribution >= 0.6 is 0 Å². The Bertz CT molecular complexity index is 3190. The second-order valence-electron chi connectivity index (χ2n) is 19.9. The molecule has 2 aromatic carbocycles. The molecule has 344 valence electrons. The van der Waals surface area contributed by atoms with Gasteiger partial charge in [-0.3, -0.25) is 9.59 Å². The minimum Gasteiger partial charge on any atom is -0.508 e. The Balaban J connectivity index is 0.000000166. The highest BCUT2D eigenvalue weighted by atomic mass is 28.3. The average molecular weight is 912 g/mol. The number of fused-ring (bicyclic) bond motifs is 10. The van der Waals surface area contributed by atoms with E-state index < -0.39 is 31.2 Å². The van der Waals surface area contributed by atoms with Crippen LogP contribution in [-0.2, 0) is 63.0 Å². The van der Waals surface area contributed by atoms with Crippen LogP contribution in [0.4, 0.5) is 0 Å². The zero-order chi connectivity index (χ0) is 47.4. The SMILES string of the molecule is CC[C@@]1(O)C(=O)OCc2c1cc1n(c2=O)Cc2c-1nc1ccc(O)cc1c2[Si](C)(C)C(C)(C)C.CC[C@@]1(O)C(=O)OCc2c1cc1n(c2=O)Cc2c-1nc1ccccc1c2CCNC(C)C. The average Bonchev–Trinajstić information content (AvgIpc) is 3.83. The highest BCUT2D eigenvalue weighted by Gasteiger charge is 2.48. The normalized spacial score (nSPS) is 19.3. The number of benzene rings is 2. The fraction of sp³-hybridized carbons (Fsp3) is 0.412. The van der Waals surface area contributed by atoms with Crippen LogP contribution in [0.1, 0.15) is 100 Å². The molecular formula is C51H57N5O9Si. The number of nitrogens with one attached hydrogen (secondary N) is 1. The van der Waals surface area contributed by atoms with E-state index in [9.17, 15) is 34.5 Å². The molecule has 0 spiro atoms. The number of phenols is 1. The number of hydrogen-bond acceptors (Lipinski definition) is 12. The predicted octanol–water partition coefficient (Wildman–Crippen LogP) is 6.12. The van der Waals surface area contributed by atoms with Crippen molar-refractivity contribution in [3.63, 3.8) is 0 Å². The van der Waals surface area contributed by atoms with Crippen molar-refractivity contribution >= 4 is 47.0 Å². The molecule has 2 atom stereocenters. The third-order valence-electron chi connectivity index (χ3n) is 14.8. The lowest BCUT2D eigenvalue weighted by Crippen LogP contribution is -2.51. The number of hydrogen-bond donors (Lipinski definition) is 4. The first-order valence-corrected chi connectivity index (χ1v) is 25.8. The molecule has 4 N–H and O–H groups in total. The van der Waals surface area contributed by atoms with Crippen LogP contribution in [0.15, 0.2) is 64.2 Å². The van der Waals surface area contributed by atoms with Gasteiger partial charge in [0.15, 0.2) is 11.2 Å². The monoisotopic (exact) mass is 911 g/mol. The van der Waals surface area contributed by atoms with Crippen LogP contribution in [0.2, 0.25) is 18.1 Å². The summed E-state index contributed by atoms with van der Waals surface area (Å²) in [4.78, 5) is 61.7. The molecule has 0 saturated carbocycles. The van der Waals surface area contributed by atoms with Crippen LogP contribution in [0.3, 0.4) is 0 Å². The molecule has 15 heteroatoms. The molecule has 10 rings (SSSR count). The Morgan fingerprint density at radius 3 is 1.79 bits per heavy atom. The van der Waals surface area contributed by atoms with Crippen molar-refractivity contribution in [3.05, 3.63) is 114 Å². The maximum absolute atomic E-state index is 13.6. The molecule has 0 bridgehead atoms. The maximum Gasteiger partial charge on any atom is 0.343 e. The molecule has 0 amide bonds. The molecule has 6 aromatic rings. The maximum atomic E-state index is 13.6. The summed E-state index contributed by atoms with van der Waals surface area (Å²) in [5, 5.41) is 39.1. The van der Waals surface area contributed by atoms with Crippen LogP contribution < -0.4 is 21.6 Å². The first-order chi connectivity index (χ1) is 31.2. The van der Waals surface area contributed by atoms with Gasteiger partial charge in [0.05, 0.1) is 66.1 Å². The van der Waals surface area contributed by atoms with Gasteiger partial charge in [0.25, 0.3) is 11.1 Å². The van der Waals surface area contributed by atoms with E-state index in [4.69, 9.17) is 19.4 Å². The van der Waals surface area contributed by atoms with Gasteiger partial charge in [0.2, 0.25) is 0 Å². The summed E-state index contributed by atoms with van der Waals surface area (Å²) in [5.41, 5.74) is 4.68. The molecule has 0 radical (unpaired) electrons. The Kier molecular flexibility index (Phi) is 10.8. The lowest BCUT2D eigenvalue weighted by atomic mass is 9.86. The number of pyridine rings is 4. The number of aromatic nitrogens is 4. The lowest BCUT2D eigenvalue weighted by Gasteiger charge is -2.39. The number of nitrogens with zero attached hydrogens (tertiary/aromatic N) is 4. The number of para-hydroxylation sites is 1. The van der Waals surface area contributed by atoms with Gasteiger partial charge in [-0.05, 0) is 83.6 Å². The van der Waals surface area contributed by atoms with Gasteiger partial charge in [0.1, 0.15) is 19.0 Å². The topological polar surface area (TPSA) is 195 Å². The van der Waals surface area contributed by atoms with E-state index in [1.165, 1.54) is 10.8 Å². The molecular weight excluding hydrogens is 855 g/mol. The molecule has 0 saturated heterocycles. The second kappa shape index (κ2) is 15.8. The number of cyclic esters (lactones) is 2. The summed E-state index contributed by atoms with van der Waals surface area (Å²) >= 11 is 0. The summed E-state index contributed by atoms with van der Waals surface area (Å²) < 4.78 is 13.7. The van der Waals surface area contributed by atoms with Gasteiger partial charge in [-0.15, -0.1) is 0 Å². The quantitative estimate of drug-likeness (QED) is 0.106. The number of aliphatic hydroxyl groups is 2. The van der Waals surface area contributed by atoms with Crippen molar-refractivity contribution in [2.24, 2.45) is 0 Å². The molecule has 0 aliphatic carbocycles. The van der Waals surface area contributed by atoms with E-state index in [2.05, 4.69) is 59.1 Å². The van der Waals surface area contributed by atoms with E-state index >= 15 is 0 Å². The summed E-state index contributed by atoms with van der Waals surface area (Å²) in [7, 11) is -2.15. The van der Waals surface area contributed by atoms with Gasteiger partial charge in [-0.25, -0.2) is 19.6 Å². The van der Waals surface area contributed by atoms with Gasteiger partial charge in [-0.1, -0.05) is 79.8 Å².